The van der Waals surface area contributed by atoms with Crippen LogP contribution in [0.25, 0.3) is 0 Å². The number of rotatable bonds is 0. The van der Waals surface area contributed by atoms with E-state index in [1.807, 2.05) is 4.98 Å². The van der Waals surface area contributed by atoms with Crippen LogP contribution in [0.1, 0.15) is 0 Å². The molecule has 0 atom stereocenters. The van der Waals surface area contributed by atoms with Gasteiger partial charge in [-0.2, -0.15) is 0 Å². The van der Waals surface area contributed by atoms with Crippen molar-refractivity contribution < 1.29 is 0 Å². The molecule has 0 unspecified atom stereocenters. The fraction of sp³-hybridized carbons (Fsp3) is 0. The van der Waals surface area contributed by atoms with Crippen molar-refractivity contribution in [3.8, 4) is 0 Å². The summed E-state index contributed by atoms with van der Waals surface area (Å²) in [5, 5.41) is 0. The Hall–Kier alpha value is -0.970. The zero-order chi connectivity index (χ0) is 6.85. The molecular formula is C4H4N2O2S. The first-order valence-electron chi connectivity index (χ1n) is 2.21. The van der Waals surface area contributed by atoms with Gasteiger partial charge in [-0.25, -0.2) is 8.77 Å². The molecule has 0 aliphatic carbocycles. The largest absolute Gasteiger partial charge is 0.338 e. The van der Waals surface area contributed by atoms with Crippen molar-refractivity contribution in [2.75, 3.05) is 0 Å². The van der Waals surface area contributed by atoms with Gasteiger partial charge in [0.25, 0.3) is 5.56 Å². The average Bonchev–Trinajstić information content (AvgIpc) is 1.80. The predicted octanol–water partition coefficient (Wildman–Crippen LogP) is -0.771. The van der Waals surface area contributed by atoms with Gasteiger partial charge in [0.1, 0.15) is 0 Å². The molecule has 0 bridgehead atoms. The van der Waals surface area contributed by atoms with E-state index in [0.717, 1.165) is 3.97 Å². The lowest BCUT2D eigenvalue weighted by Crippen LogP contribution is -2.23. The Morgan fingerprint density at radius 1 is 1.56 bits per heavy atom. The van der Waals surface area contributed by atoms with Gasteiger partial charge in [-0.05, 0) is 0 Å². The second kappa shape index (κ2) is 2.10. The first-order valence-corrected chi connectivity index (χ1v) is 2.61. The van der Waals surface area contributed by atoms with Crippen LogP contribution in [-0.4, -0.2) is 8.96 Å². The lowest BCUT2D eigenvalue weighted by atomic mass is 10.7. The fourth-order valence-electron chi connectivity index (χ4n) is 0.410. The van der Waals surface area contributed by atoms with E-state index in [2.05, 4.69) is 12.8 Å². The van der Waals surface area contributed by atoms with Gasteiger partial charge in [-0.1, -0.05) is 12.8 Å². The van der Waals surface area contributed by atoms with Crippen molar-refractivity contribution >= 4 is 12.8 Å². The molecule has 1 aromatic rings. The molecule has 0 saturated carbocycles. The van der Waals surface area contributed by atoms with Gasteiger partial charge in [0.15, 0.2) is 0 Å². The minimum Gasteiger partial charge on any atom is -0.273 e. The molecule has 0 fully saturated rings. The zero-order valence-electron chi connectivity index (χ0n) is 4.37. The highest BCUT2D eigenvalue weighted by Crippen LogP contribution is 1.72. The summed E-state index contributed by atoms with van der Waals surface area (Å²) in [6.07, 6.45) is 1.28. The summed E-state index contributed by atoms with van der Waals surface area (Å²) >= 11 is 3.68. The van der Waals surface area contributed by atoms with E-state index in [1.165, 1.54) is 12.3 Å². The first kappa shape index (κ1) is 6.15. The minimum atomic E-state index is -0.522. The summed E-state index contributed by atoms with van der Waals surface area (Å²) in [6.45, 7) is 0. The normalized spacial score (nSPS) is 9.44. The van der Waals surface area contributed by atoms with Gasteiger partial charge >= 0.3 is 5.69 Å². The SMILES string of the molecule is O=c1ccn(S)c(=O)[nH]1. The second-order valence-electron chi connectivity index (χ2n) is 1.45. The van der Waals surface area contributed by atoms with Crippen molar-refractivity contribution in [3.05, 3.63) is 33.1 Å². The van der Waals surface area contributed by atoms with Crippen molar-refractivity contribution in [2.45, 2.75) is 0 Å². The number of hydrogen-bond acceptors (Lipinski definition) is 3. The van der Waals surface area contributed by atoms with Crippen LogP contribution >= 0.6 is 12.8 Å². The van der Waals surface area contributed by atoms with Gasteiger partial charge < -0.3 is 0 Å². The van der Waals surface area contributed by atoms with Crippen LogP contribution in [0.2, 0.25) is 0 Å². The molecule has 5 heteroatoms. The molecule has 1 aromatic heterocycles. The van der Waals surface area contributed by atoms with Gasteiger partial charge in [0.05, 0.1) is 0 Å². The van der Waals surface area contributed by atoms with E-state index >= 15 is 0 Å². The molecule has 48 valence electrons. The topological polar surface area (TPSA) is 54.9 Å². The molecule has 1 N–H and O–H groups in total. The fourth-order valence-corrected chi connectivity index (χ4v) is 0.527. The molecule has 0 saturated heterocycles. The summed E-state index contributed by atoms with van der Waals surface area (Å²) in [4.78, 5) is 22.8. The number of nitrogens with one attached hydrogen (secondary N) is 1. The highest BCUT2D eigenvalue weighted by molar-refractivity contribution is 7.78. The number of H-pyrrole nitrogens is 1. The highest BCUT2D eigenvalue weighted by Gasteiger charge is 1.86. The molecule has 0 aliphatic heterocycles. The summed E-state index contributed by atoms with van der Waals surface area (Å²) in [5.74, 6) is 0. The first-order chi connectivity index (χ1) is 4.20. The van der Waals surface area contributed by atoms with Crippen LogP contribution in [0, 0.1) is 0 Å². The highest BCUT2D eigenvalue weighted by atomic mass is 32.1. The van der Waals surface area contributed by atoms with Crippen molar-refractivity contribution in [3.63, 3.8) is 0 Å². The summed E-state index contributed by atoms with van der Waals surface area (Å²) in [6, 6.07) is 1.22. The quantitative estimate of drug-likeness (QED) is 0.470. The lowest BCUT2D eigenvalue weighted by molar-refractivity contribution is 0.995. The number of aromatic nitrogens is 2. The Balaban J connectivity index is 3.52. The maximum Gasteiger partial charge on any atom is 0.338 e. The Labute approximate surface area is 55.7 Å². The standard InChI is InChI=1S/C4H4N2O2S/c7-3-1-2-6(9)4(8)5-3/h1-2,9H,(H,5,7,8). The van der Waals surface area contributed by atoms with Crippen LogP contribution in [-0.2, 0) is 0 Å². The third kappa shape index (κ3) is 1.23. The number of thiol groups is 1. The van der Waals surface area contributed by atoms with Crippen molar-refractivity contribution in [1.82, 2.24) is 8.96 Å². The lowest BCUT2D eigenvalue weighted by Gasteiger charge is -1.87. The molecule has 0 spiro atoms. The summed E-state index contributed by atoms with van der Waals surface area (Å²) < 4.78 is 0.987. The monoisotopic (exact) mass is 144 g/mol. The van der Waals surface area contributed by atoms with E-state index < -0.39 is 11.2 Å². The molecular weight excluding hydrogens is 140 g/mol. The smallest absolute Gasteiger partial charge is 0.273 e. The van der Waals surface area contributed by atoms with E-state index in [1.54, 1.807) is 0 Å². The van der Waals surface area contributed by atoms with Crippen molar-refractivity contribution in [2.24, 2.45) is 0 Å². The van der Waals surface area contributed by atoms with Crippen LogP contribution < -0.4 is 11.2 Å². The molecule has 0 radical (unpaired) electrons. The Bertz CT molecular complexity index is 313. The van der Waals surface area contributed by atoms with Crippen LogP contribution in [0.3, 0.4) is 0 Å². The van der Waals surface area contributed by atoms with Gasteiger partial charge in [0.2, 0.25) is 0 Å². The van der Waals surface area contributed by atoms with E-state index in [0.29, 0.717) is 0 Å². The molecule has 9 heavy (non-hydrogen) atoms. The Morgan fingerprint density at radius 2 is 2.22 bits per heavy atom. The Kier molecular flexibility index (Phi) is 1.44. The third-order valence-electron chi connectivity index (χ3n) is 0.805. The second-order valence-corrected chi connectivity index (χ2v) is 1.89. The summed E-state index contributed by atoms with van der Waals surface area (Å²) in [7, 11) is 0. The molecule has 0 aromatic carbocycles. The average molecular weight is 144 g/mol. The van der Waals surface area contributed by atoms with Gasteiger partial charge in [-0.3, -0.25) is 9.78 Å². The zero-order valence-corrected chi connectivity index (χ0v) is 5.26. The Morgan fingerprint density at radius 3 is 2.67 bits per heavy atom. The van der Waals surface area contributed by atoms with Gasteiger partial charge in [0, 0.05) is 12.3 Å². The van der Waals surface area contributed by atoms with E-state index in [4.69, 9.17) is 0 Å². The van der Waals surface area contributed by atoms with Crippen LogP contribution in [0.4, 0.5) is 0 Å². The molecule has 0 amide bonds. The number of aromatic amines is 1. The number of nitrogens with zero attached hydrogens (tertiary/aromatic N) is 1. The molecule has 1 heterocycles. The van der Waals surface area contributed by atoms with E-state index in [9.17, 15) is 9.59 Å². The predicted molar refractivity (Wildman–Crippen MR) is 35.7 cm³/mol. The summed E-state index contributed by atoms with van der Waals surface area (Å²) in [5.41, 5.74) is -0.934. The molecule has 1 rings (SSSR count). The minimum absolute atomic E-state index is 0.412. The molecule has 4 nitrogen and oxygen atoms in total. The maximum absolute atomic E-state index is 10.5. The van der Waals surface area contributed by atoms with Gasteiger partial charge in [-0.15, -0.1) is 0 Å². The van der Waals surface area contributed by atoms with Crippen LogP contribution in [0.5, 0.6) is 0 Å². The van der Waals surface area contributed by atoms with Crippen molar-refractivity contribution in [1.29, 1.82) is 0 Å². The molecule has 0 aliphatic rings. The number of hydrogen-bond donors (Lipinski definition) is 2. The van der Waals surface area contributed by atoms with Crippen LogP contribution in [0.15, 0.2) is 21.9 Å². The third-order valence-corrected chi connectivity index (χ3v) is 1.12. The van der Waals surface area contributed by atoms with E-state index in [-0.39, 0.29) is 0 Å². The maximum atomic E-state index is 10.5.